The number of thiocarbonyl (C=S) groups is 1. The van der Waals surface area contributed by atoms with Crippen molar-refractivity contribution in [3.8, 4) is 0 Å². The van der Waals surface area contributed by atoms with Gasteiger partial charge in [-0.05, 0) is 12.8 Å². The zero-order valence-electron chi connectivity index (χ0n) is 6.42. The molecule has 0 radical (unpaired) electrons. The molecule has 11 heavy (non-hydrogen) atoms. The van der Waals surface area contributed by atoms with Crippen molar-refractivity contribution in [2.75, 3.05) is 6.61 Å². The van der Waals surface area contributed by atoms with Crippen LogP contribution in [0, 0.1) is 0 Å². The van der Waals surface area contributed by atoms with Gasteiger partial charge >= 0.3 is 5.97 Å². The average molecular weight is 173 g/mol. The third-order valence-corrected chi connectivity index (χ3v) is 1.89. The summed E-state index contributed by atoms with van der Waals surface area (Å²) in [5.74, 6) is -0.232. The Bertz CT molecular complexity index is 181. The predicted octanol–water partition coefficient (Wildman–Crippen LogP) is 0.629. The topological polar surface area (TPSA) is 38.3 Å². The number of hydrogen-bond donors (Lipinski definition) is 1. The highest BCUT2D eigenvalue weighted by Crippen LogP contribution is 2.07. The minimum absolute atomic E-state index is 0.232. The Morgan fingerprint density at radius 1 is 1.91 bits per heavy atom. The Hall–Kier alpha value is -0.640. The van der Waals surface area contributed by atoms with Gasteiger partial charge in [-0.3, -0.25) is 4.79 Å². The molecule has 0 saturated carbocycles. The van der Waals surface area contributed by atoms with E-state index in [1.807, 2.05) is 0 Å². The van der Waals surface area contributed by atoms with Gasteiger partial charge in [0.2, 0.25) is 0 Å². The van der Waals surface area contributed by atoms with E-state index in [9.17, 15) is 4.79 Å². The van der Waals surface area contributed by atoms with Crippen LogP contribution in [0.15, 0.2) is 0 Å². The van der Waals surface area contributed by atoms with Gasteiger partial charge < -0.3 is 10.1 Å². The Kier molecular flexibility index (Phi) is 2.82. The van der Waals surface area contributed by atoms with Gasteiger partial charge in [0.05, 0.1) is 11.0 Å². The molecule has 1 aliphatic heterocycles. The maximum Gasteiger partial charge on any atom is 0.302 e. The van der Waals surface area contributed by atoms with Gasteiger partial charge in [0, 0.05) is 6.92 Å². The summed E-state index contributed by atoms with van der Waals surface area (Å²) in [6.45, 7) is 1.85. The molecule has 1 N–H and O–H groups in total. The summed E-state index contributed by atoms with van der Waals surface area (Å²) in [5, 5.41) is 3.06. The summed E-state index contributed by atoms with van der Waals surface area (Å²) < 4.78 is 4.81. The first kappa shape index (κ1) is 8.46. The minimum Gasteiger partial charge on any atom is -0.464 e. The molecule has 0 amide bonds. The fourth-order valence-electron chi connectivity index (χ4n) is 1.02. The van der Waals surface area contributed by atoms with Gasteiger partial charge in [0.25, 0.3) is 0 Å². The van der Waals surface area contributed by atoms with Crippen molar-refractivity contribution in [3.05, 3.63) is 0 Å². The second kappa shape index (κ2) is 3.67. The summed E-state index contributed by atoms with van der Waals surface area (Å²) in [7, 11) is 0. The average Bonchev–Trinajstić information content (AvgIpc) is 2.31. The molecule has 3 nitrogen and oxygen atoms in total. The SMILES string of the molecule is CC(=O)OC[C@@H]1CCC(=S)N1. The lowest BCUT2D eigenvalue weighted by Gasteiger charge is -2.09. The molecule has 1 saturated heterocycles. The molecule has 0 spiro atoms. The van der Waals surface area contributed by atoms with Crippen LogP contribution < -0.4 is 5.32 Å². The highest BCUT2D eigenvalue weighted by Gasteiger charge is 2.18. The van der Waals surface area contributed by atoms with Gasteiger partial charge in [0.1, 0.15) is 6.61 Å². The molecule has 0 aliphatic carbocycles. The maximum atomic E-state index is 10.4. The van der Waals surface area contributed by atoms with Crippen LogP contribution in [0.25, 0.3) is 0 Å². The molecule has 0 aromatic carbocycles. The van der Waals surface area contributed by atoms with Crippen molar-refractivity contribution in [1.82, 2.24) is 5.32 Å². The third kappa shape index (κ3) is 2.84. The molecule has 0 aromatic heterocycles. The quantitative estimate of drug-likeness (QED) is 0.491. The van der Waals surface area contributed by atoms with Crippen LogP contribution in [0.1, 0.15) is 19.8 Å². The number of esters is 1. The fourth-order valence-corrected chi connectivity index (χ4v) is 1.30. The van der Waals surface area contributed by atoms with Crippen LogP contribution in [-0.2, 0) is 9.53 Å². The van der Waals surface area contributed by atoms with E-state index in [0.717, 1.165) is 17.8 Å². The first-order chi connectivity index (χ1) is 5.18. The van der Waals surface area contributed by atoms with Gasteiger partial charge in [-0.15, -0.1) is 0 Å². The molecular weight excluding hydrogens is 162 g/mol. The van der Waals surface area contributed by atoms with Crippen LogP contribution in [0.4, 0.5) is 0 Å². The number of nitrogens with one attached hydrogen (secondary N) is 1. The number of ether oxygens (including phenoxy) is 1. The molecule has 1 fully saturated rings. The predicted molar refractivity (Wildman–Crippen MR) is 45.4 cm³/mol. The van der Waals surface area contributed by atoms with E-state index in [2.05, 4.69) is 5.32 Å². The van der Waals surface area contributed by atoms with Crippen molar-refractivity contribution in [1.29, 1.82) is 0 Å². The lowest BCUT2D eigenvalue weighted by atomic mass is 10.2. The largest absolute Gasteiger partial charge is 0.464 e. The molecule has 1 rings (SSSR count). The first-order valence-corrected chi connectivity index (χ1v) is 4.02. The molecule has 1 heterocycles. The van der Waals surface area contributed by atoms with Gasteiger partial charge in [0.15, 0.2) is 0 Å². The zero-order valence-corrected chi connectivity index (χ0v) is 7.24. The molecule has 1 aliphatic rings. The first-order valence-electron chi connectivity index (χ1n) is 3.61. The second-order valence-corrected chi connectivity index (χ2v) is 3.10. The standard InChI is InChI=1S/C7H11NO2S/c1-5(9)10-4-6-2-3-7(11)8-6/h6H,2-4H2,1H3,(H,8,11)/t6-/m0/s1. The van der Waals surface area contributed by atoms with Crippen LogP contribution in [0.3, 0.4) is 0 Å². The van der Waals surface area contributed by atoms with E-state index in [0.29, 0.717) is 6.61 Å². The van der Waals surface area contributed by atoms with Crippen LogP contribution >= 0.6 is 12.2 Å². The molecule has 0 bridgehead atoms. The van der Waals surface area contributed by atoms with E-state index in [1.54, 1.807) is 0 Å². The number of rotatable bonds is 2. The normalized spacial score (nSPS) is 23.0. The smallest absolute Gasteiger partial charge is 0.302 e. The summed E-state index contributed by atoms with van der Waals surface area (Å²) >= 11 is 4.92. The monoisotopic (exact) mass is 173 g/mol. The van der Waals surface area contributed by atoms with Crippen molar-refractivity contribution >= 4 is 23.2 Å². The van der Waals surface area contributed by atoms with Crippen molar-refractivity contribution in [3.63, 3.8) is 0 Å². The third-order valence-electron chi connectivity index (χ3n) is 1.57. The molecule has 62 valence electrons. The van der Waals surface area contributed by atoms with Crippen LogP contribution in [-0.4, -0.2) is 23.6 Å². The second-order valence-electron chi connectivity index (χ2n) is 2.61. The lowest BCUT2D eigenvalue weighted by molar-refractivity contribution is -0.141. The Balaban J connectivity index is 2.18. The van der Waals surface area contributed by atoms with E-state index in [-0.39, 0.29) is 12.0 Å². The highest BCUT2D eigenvalue weighted by molar-refractivity contribution is 7.80. The zero-order chi connectivity index (χ0) is 8.27. The molecule has 4 heteroatoms. The Morgan fingerprint density at radius 2 is 2.64 bits per heavy atom. The number of carbonyl (C=O) groups is 1. The van der Waals surface area contributed by atoms with E-state index in [4.69, 9.17) is 17.0 Å². The summed E-state index contributed by atoms with van der Waals surface area (Å²) in [4.78, 5) is 11.3. The van der Waals surface area contributed by atoms with Gasteiger partial charge in [-0.2, -0.15) is 0 Å². The van der Waals surface area contributed by atoms with Crippen molar-refractivity contribution in [2.24, 2.45) is 0 Å². The summed E-state index contributed by atoms with van der Waals surface area (Å²) in [5.41, 5.74) is 0. The molecular formula is C7H11NO2S. The Morgan fingerprint density at radius 3 is 3.09 bits per heavy atom. The van der Waals surface area contributed by atoms with Crippen molar-refractivity contribution < 1.29 is 9.53 Å². The molecule has 0 aromatic rings. The minimum atomic E-state index is -0.232. The highest BCUT2D eigenvalue weighted by atomic mass is 32.1. The summed E-state index contributed by atoms with van der Waals surface area (Å²) in [6, 6.07) is 0.242. The van der Waals surface area contributed by atoms with Crippen LogP contribution in [0.2, 0.25) is 0 Å². The number of hydrogen-bond acceptors (Lipinski definition) is 3. The Labute approximate surface area is 71.1 Å². The number of carbonyl (C=O) groups excluding carboxylic acids is 1. The lowest BCUT2D eigenvalue weighted by Crippen LogP contribution is -2.29. The fraction of sp³-hybridized carbons (Fsp3) is 0.714. The molecule has 0 unspecified atom stereocenters. The van der Waals surface area contributed by atoms with Crippen LogP contribution in [0.5, 0.6) is 0 Å². The van der Waals surface area contributed by atoms with Gasteiger partial charge in [-0.1, -0.05) is 12.2 Å². The van der Waals surface area contributed by atoms with Gasteiger partial charge in [-0.25, -0.2) is 0 Å². The van der Waals surface area contributed by atoms with E-state index < -0.39 is 0 Å². The van der Waals surface area contributed by atoms with Crippen molar-refractivity contribution in [2.45, 2.75) is 25.8 Å². The van der Waals surface area contributed by atoms with E-state index in [1.165, 1.54) is 6.92 Å². The maximum absolute atomic E-state index is 10.4. The molecule has 1 atom stereocenters. The summed E-state index contributed by atoms with van der Waals surface area (Å²) in [6.07, 6.45) is 1.90. The van der Waals surface area contributed by atoms with E-state index >= 15 is 0 Å².